The van der Waals surface area contributed by atoms with Gasteiger partial charge in [0.2, 0.25) is 0 Å². The number of carbonyl (C=O) groups excluding carboxylic acids is 2. The van der Waals surface area contributed by atoms with E-state index in [-0.39, 0.29) is 0 Å². The third-order valence-corrected chi connectivity index (χ3v) is 1.68. The van der Waals surface area contributed by atoms with Gasteiger partial charge in [0.1, 0.15) is 11.5 Å². The van der Waals surface area contributed by atoms with Crippen LogP contribution in [-0.4, -0.2) is 11.9 Å². The molecule has 0 atom stereocenters. The fraction of sp³-hybridized carbons (Fsp3) is 0.273. The summed E-state index contributed by atoms with van der Waals surface area (Å²) in [5.41, 5.74) is 0.596. The van der Waals surface area contributed by atoms with Crippen LogP contribution in [-0.2, 0) is 9.59 Å². The van der Waals surface area contributed by atoms with E-state index in [1.165, 1.54) is 26.0 Å². The minimum atomic E-state index is -0.425. The topological polar surface area (TPSA) is 52.6 Å². The lowest BCUT2D eigenvalue weighted by Gasteiger charge is -2.09. The van der Waals surface area contributed by atoms with Crippen LogP contribution >= 0.6 is 0 Å². The Morgan fingerprint density at radius 2 is 1.47 bits per heavy atom. The Morgan fingerprint density at radius 3 is 1.80 bits per heavy atom. The minimum absolute atomic E-state index is 0.348. The summed E-state index contributed by atoms with van der Waals surface area (Å²) >= 11 is 0. The number of rotatable bonds is 2. The van der Waals surface area contributed by atoms with E-state index in [1.54, 1.807) is 6.92 Å². The van der Waals surface area contributed by atoms with Crippen molar-refractivity contribution in [2.75, 3.05) is 0 Å². The highest BCUT2D eigenvalue weighted by molar-refractivity contribution is 5.72. The number of carbonyl (C=O) groups is 2. The Morgan fingerprint density at radius 1 is 1.07 bits per heavy atom. The Hall–Kier alpha value is -1.84. The number of hydrogen-bond acceptors (Lipinski definition) is 4. The van der Waals surface area contributed by atoms with Crippen molar-refractivity contribution in [1.82, 2.24) is 0 Å². The van der Waals surface area contributed by atoms with Gasteiger partial charge in [-0.3, -0.25) is 9.59 Å². The molecule has 0 bridgehead atoms. The molecule has 15 heavy (non-hydrogen) atoms. The molecule has 0 fully saturated rings. The second-order valence-corrected chi connectivity index (χ2v) is 3.00. The van der Waals surface area contributed by atoms with Crippen LogP contribution in [0.1, 0.15) is 19.4 Å². The van der Waals surface area contributed by atoms with E-state index in [1.807, 2.05) is 0 Å². The van der Waals surface area contributed by atoms with Crippen molar-refractivity contribution in [1.29, 1.82) is 0 Å². The normalized spacial score (nSPS) is 9.53. The molecule has 0 spiro atoms. The molecule has 0 heterocycles. The van der Waals surface area contributed by atoms with E-state index in [4.69, 9.17) is 9.47 Å². The Bertz CT molecular complexity index is 361. The predicted octanol–water partition coefficient (Wildman–Crippen LogP) is 1.65. The smallest absolute Gasteiger partial charge is 0.308 e. The van der Waals surface area contributed by atoms with Crippen LogP contribution in [0, 0.1) is 13.0 Å². The van der Waals surface area contributed by atoms with Crippen molar-refractivity contribution in [3.05, 3.63) is 23.8 Å². The molecule has 0 aromatic heterocycles. The van der Waals surface area contributed by atoms with Crippen LogP contribution in [0.2, 0.25) is 0 Å². The van der Waals surface area contributed by atoms with Gasteiger partial charge in [-0.2, -0.15) is 0 Å². The third kappa shape index (κ3) is 3.09. The number of benzene rings is 1. The van der Waals surface area contributed by atoms with Crippen molar-refractivity contribution >= 4 is 11.9 Å². The first-order valence-electron chi connectivity index (χ1n) is 4.38. The van der Waals surface area contributed by atoms with Crippen LogP contribution in [0.25, 0.3) is 0 Å². The van der Waals surface area contributed by atoms with Gasteiger partial charge in [0.05, 0.1) is 0 Å². The fourth-order valence-corrected chi connectivity index (χ4v) is 1.05. The van der Waals surface area contributed by atoms with Gasteiger partial charge in [-0.05, 0) is 25.1 Å². The largest absolute Gasteiger partial charge is 0.426 e. The molecule has 1 rings (SSSR count). The summed E-state index contributed by atoms with van der Waals surface area (Å²) in [5, 5.41) is 0. The first kappa shape index (κ1) is 11.2. The molecular weight excluding hydrogens is 196 g/mol. The average Bonchev–Trinajstić information content (AvgIpc) is 2.10. The highest BCUT2D eigenvalue weighted by atomic mass is 16.5. The zero-order valence-corrected chi connectivity index (χ0v) is 8.79. The van der Waals surface area contributed by atoms with Crippen LogP contribution in [0.3, 0.4) is 0 Å². The zero-order valence-electron chi connectivity index (χ0n) is 8.79. The van der Waals surface area contributed by atoms with E-state index in [9.17, 15) is 9.59 Å². The van der Waals surface area contributed by atoms with Crippen molar-refractivity contribution in [3.63, 3.8) is 0 Å². The molecule has 0 amide bonds. The predicted molar refractivity (Wildman–Crippen MR) is 52.6 cm³/mol. The summed E-state index contributed by atoms with van der Waals surface area (Å²) in [6, 6.07) is 5.76. The molecule has 0 saturated carbocycles. The quantitative estimate of drug-likeness (QED) is 0.546. The molecule has 0 unspecified atom stereocenters. The number of hydrogen-bond donors (Lipinski definition) is 0. The molecule has 79 valence electrons. The van der Waals surface area contributed by atoms with Crippen molar-refractivity contribution in [2.24, 2.45) is 0 Å². The van der Waals surface area contributed by atoms with E-state index in [2.05, 4.69) is 6.07 Å². The Labute approximate surface area is 87.8 Å². The van der Waals surface area contributed by atoms with Crippen LogP contribution in [0.15, 0.2) is 12.1 Å². The van der Waals surface area contributed by atoms with Crippen molar-refractivity contribution in [2.45, 2.75) is 20.8 Å². The minimum Gasteiger partial charge on any atom is -0.426 e. The summed E-state index contributed by atoms with van der Waals surface area (Å²) in [6.07, 6.45) is 0. The summed E-state index contributed by atoms with van der Waals surface area (Å²) in [7, 11) is 0. The van der Waals surface area contributed by atoms with Gasteiger partial charge in [0, 0.05) is 19.4 Å². The summed E-state index contributed by atoms with van der Waals surface area (Å²) < 4.78 is 9.81. The molecule has 4 nitrogen and oxygen atoms in total. The van der Waals surface area contributed by atoms with Crippen molar-refractivity contribution in [3.8, 4) is 11.5 Å². The first-order valence-corrected chi connectivity index (χ1v) is 4.38. The lowest BCUT2D eigenvalue weighted by Crippen LogP contribution is -2.06. The van der Waals surface area contributed by atoms with Crippen LogP contribution in [0.4, 0.5) is 0 Å². The lowest BCUT2D eigenvalue weighted by atomic mass is 10.2. The SMILES string of the molecule is CC(=O)Oc1c[c]cc(OC(C)=O)c1C. The maximum Gasteiger partial charge on any atom is 0.308 e. The lowest BCUT2D eigenvalue weighted by molar-refractivity contribution is -0.132. The molecule has 0 saturated heterocycles. The third-order valence-electron chi connectivity index (χ3n) is 1.68. The van der Waals surface area contributed by atoms with Crippen LogP contribution in [0.5, 0.6) is 11.5 Å². The second-order valence-electron chi connectivity index (χ2n) is 3.00. The molecule has 1 aromatic carbocycles. The molecule has 1 aromatic rings. The molecule has 0 N–H and O–H groups in total. The maximum atomic E-state index is 10.8. The van der Waals surface area contributed by atoms with Crippen molar-refractivity contribution < 1.29 is 19.1 Å². The molecule has 1 radical (unpaired) electrons. The number of ether oxygens (including phenoxy) is 2. The fourth-order valence-electron chi connectivity index (χ4n) is 1.05. The molecule has 0 aliphatic rings. The molecule has 0 aliphatic carbocycles. The summed E-state index contributed by atoms with van der Waals surface area (Å²) in [6.45, 7) is 4.31. The van der Waals surface area contributed by atoms with E-state index < -0.39 is 11.9 Å². The van der Waals surface area contributed by atoms with Gasteiger partial charge < -0.3 is 9.47 Å². The van der Waals surface area contributed by atoms with Gasteiger partial charge in [-0.15, -0.1) is 0 Å². The standard InChI is InChI=1S/C11H11O4/c1-7-10(14-8(2)12)5-4-6-11(7)15-9(3)13/h5-6H,1-3H3. The highest BCUT2D eigenvalue weighted by Crippen LogP contribution is 2.27. The maximum absolute atomic E-state index is 10.8. The van der Waals surface area contributed by atoms with Gasteiger partial charge in [-0.1, -0.05) is 0 Å². The Balaban J connectivity index is 2.99. The first-order chi connectivity index (χ1) is 7.00. The van der Waals surface area contributed by atoms with E-state index in [0.717, 1.165) is 0 Å². The van der Waals surface area contributed by atoms with Crippen LogP contribution < -0.4 is 9.47 Å². The van der Waals surface area contributed by atoms with E-state index >= 15 is 0 Å². The molecule has 0 aliphatic heterocycles. The number of esters is 2. The van der Waals surface area contributed by atoms with Gasteiger partial charge in [0.15, 0.2) is 0 Å². The van der Waals surface area contributed by atoms with Gasteiger partial charge in [-0.25, -0.2) is 0 Å². The monoisotopic (exact) mass is 207 g/mol. The van der Waals surface area contributed by atoms with E-state index in [0.29, 0.717) is 17.1 Å². The average molecular weight is 207 g/mol. The second kappa shape index (κ2) is 4.59. The molecular formula is C11H11O4. The summed E-state index contributed by atoms with van der Waals surface area (Å²) in [5.74, 6) is -0.152. The molecule has 4 heteroatoms. The summed E-state index contributed by atoms with van der Waals surface area (Å²) in [4.78, 5) is 21.5. The van der Waals surface area contributed by atoms with Gasteiger partial charge >= 0.3 is 11.9 Å². The Kier molecular flexibility index (Phi) is 3.44. The van der Waals surface area contributed by atoms with Gasteiger partial charge in [0.25, 0.3) is 0 Å². The highest BCUT2D eigenvalue weighted by Gasteiger charge is 2.09. The zero-order chi connectivity index (χ0) is 11.4.